The van der Waals surface area contributed by atoms with E-state index in [1.165, 1.54) is 12.1 Å². The van der Waals surface area contributed by atoms with Crippen LogP contribution in [0.1, 0.15) is 38.9 Å². The third-order valence-corrected chi connectivity index (χ3v) is 4.18. The zero-order valence-electron chi connectivity index (χ0n) is 9.52. The summed E-state index contributed by atoms with van der Waals surface area (Å²) in [4.78, 5) is 0. The lowest BCUT2D eigenvalue weighted by molar-refractivity contribution is 0.0436. The lowest BCUT2D eigenvalue weighted by Crippen LogP contribution is -2.22. The van der Waals surface area contributed by atoms with Gasteiger partial charge in [0.2, 0.25) is 0 Å². The van der Waals surface area contributed by atoms with Crippen LogP contribution in [0.5, 0.6) is 0 Å². The van der Waals surface area contributed by atoms with Gasteiger partial charge < -0.3 is 5.11 Å². The highest BCUT2D eigenvalue weighted by Gasteiger charge is 2.29. The first-order valence-corrected chi connectivity index (χ1v) is 6.29. The summed E-state index contributed by atoms with van der Waals surface area (Å²) in [6.07, 6.45) is -0.107. The van der Waals surface area contributed by atoms with Crippen LogP contribution in [0, 0.1) is 11.2 Å². The lowest BCUT2D eigenvalue weighted by Gasteiger charge is -2.30. The van der Waals surface area contributed by atoms with Gasteiger partial charge in [-0.3, -0.25) is 0 Å². The third-order valence-electron chi connectivity index (χ3n) is 2.99. The van der Waals surface area contributed by atoms with E-state index in [1.54, 1.807) is 0 Å². The molecule has 1 N–H and O–H groups in total. The summed E-state index contributed by atoms with van der Waals surface area (Å²) in [6, 6.07) is 2.76. The fourth-order valence-electron chi connectivity index (χ4n) is 1.36. The second kappa shape index (κ2) is 5.03. The fourth-order valence-corrected chi connectivity index (χ4v) is 1.85. The maximum Gasteiger partial charge on any atom is 0.130 e. The molecule has 90 valence electrons. The summed E-state index contributed by atoms with van der Waals surface area (Å²) in [7, 11) is 0. The topological polar surface area (TPSA) is 20.2 Å². The Hall–Kier alpha value is -0.120. The first kappa shape index (κ1) is 13.9. The molecule has 0 spiro atoms. The molecule has 0 saturated carbocycles. The largest absolute Gasteiger partial charge is 0.388 e. The summed E-state index contributed by atoms with van der Waals surface area (Å²) in [5, 5.41) is 10.5. The molecule has 0 aromatic heterocycles. The van der Waals surface area contributed by atoms with E-state index in [0.29, 0.717) is 9.50 Å². The second-order valence-electron chi connectivity index (χ2n) is 4.53. The van der Waals surface area contributed by atoms with Crippen LogP contribution in [-0.2, 0) is 0 Å². The Bertz CT molecular complexity index is 393. The molecule has 0 bridgehead atoms. The van der Waals surface area contributed by atoms with Crippen molar-refractivity contribution in [1.82, 2.24) is 0 Å². The minimum Gasteiger partial charge on any atom is -0.388 e. The quantitative estimate of drug-likeness (QED) is 0.802. The van der Waals surface area contributed by atoms with E-state index in [1.807, 2.05) is 20.8 Å². The predicted molar refractivity (Wildman–Crippen MR) is 68.1 cm³/mol. The van der Waals surface area contributed by atoms with Crippen LogP contribution >= 0.6 is 27.5 Å². The van der Waals surface area contributed by atoms with Gasteiger partial charge in [-0.1, -0.05) is 32.4 Å². The monoisotopic (exact) mass is 308 g/mol. The number of aliphatic hydroxyl groups excluding tert-OH is 1. The first-order valence-electron chi connectivity index (χ1n) is 5.12. The van der Waals surface area contributed by atoms with Crippen molar-refractivity contribution in [2.24, 2.45) is 5.41 Å². The van der Waals surface area contributed by atoms with Crippen LogP contribution in [0.25, 0.3) is 0 Å². The van der Waals surface area contributed by atoms with Crippen molar-refractivity contribution < 1.29 is 9.50 Å². The summed E-state index contributed by atoms with van der Waals surface area (Å²) in [5.74, 6) is -0.440. The van der Waals surface area contributed by atoms with Crippen LogP contribution in [0.15, 0.2) is 16.6 Å². The summed E-state index contributed by atoms with van der Waals surface area (Å²) in [5.41, 5.74) is -0.127. The van der Waals surface area contributed by atoms with E-state index in [4.69, 9.17) is 11.6 Å². The molecule has 1 rings (SSSR count). The maximum atomic E-state index is 13.7. The van der Waals surface area contributed by atoms with Gasteiger partial charge in [-0.25, -0.2) is 4.39 Å². The van der Waals surface area contributed by atoms with Gasteiger partial charge in [-0.05, 0) is 39.9 Å². The molecule has 1 unspecified atom stereocenters. The Morgan fingerprint density at radius 1 is 1.50 bits per heavy atom. The SMILES string of the molecule is CCC(C)(C)C(O)c1cc(Cl)c(Br)cc1F. The van der Waals surface area contributed by atoms with E-state index >= 15 is 0 Å². The van der Waals surface area contributed by atoms with E-state index < -0.39 is 11.9 Å². The highest BCUT2D eigenvalue weighted by Crippen LogP contribution is 2.39. The number of aliphatic hydroxyl groups is 1. The minimum atomic E-state index is -0.858. The van der Waals surface area contributed by atoms with Crippen LogP contribution < -0.4 is 0 Å². The van der Waals surface area contributed by atoms with Gasteiger partial charge in [0.15, 0.2) is 0 Å². The van der Waals surface area contributed by atoms with Gasteiger partial charge in [0.1, 0.15) is 5.82 Å². The molecule has 16 heavy (non-hydrogen) atoms. The predicted octanol–water partition coefficient (Wildman–Crippen LogP) is 4.71. The molecule has 1 atom stereocenters. The minimum absolute atomic E-state index is 0.250. The Balaban J connectivity index is 3.19. The summed E-state index contributed by atoms with van der Waals surface area (Å²) >= 11 is 9.04. The molecular weight excluding hydrogens is 294 g/mol. The van der Waals surface area contributed by atoms with Gasteiger partial charge in [0, 0.05) is 10.0 Å². The summed E-state index contributed by atoms with van der Waals surface area (Å²) in [6.45, 7) is 5.75. The van der Waals surface area contributed by atoms with Crippen molar-refractivity contribution in [2.75, 3.05) is 0 Å². The van der Waals surface area contributed by atoms with E-state index in [0.717, 1.165) is 6.42 Å². The highest BCUT2D eigenvalue weighted by atomic mass is 79.9. The maximum absolute atomic E-state index is 13.7. The first-order chi connectivity index (χ1) is 7.29. The van der Waals surface area contributed by atoms with Crippen molar-refractivity contribution in [3.63, 3.8) is 0 Å². The standard InChI is InChI=1S/C12H15BrClFO/c1-4-12(2,3)11(16)7-5-9(14)8(13)6-10(7)15/h5-6,11,16H,4H2,1-3H3. The molecule has 0 saturated heterocycles. The Kier molecular flexibility index (Phi) is 4.38. The van der Waals surface area contributed by atoms with Crippen molar-refractivity contribution in [3.05, 3.63) is 33.0 Å². The molecule has 0 aliphatic rings. The Labute approximate surface area is 109 Å². The van der Waals surface area contributed by atoms with Crippen molar-refractivity contribution >= 4 is 27.5 Å². The normalized spacial score (nSPS) is 13.9. The van der Waals surface area contributed by atoms with E-state index in [9.17, 15) is 9.50 Å². The molecule has 1 aromatic carbocycles. The van der Waals surface area contributed by atoms with Crippen LogP contribution in [0.4, 0.5) is 4.39 Å². The average molecular weight is 310 g/mol. The van der Waals surface area contributed by atoms with Crippen molar-refractivity contribution in [1.29, 1.82) is 0 Å². The zero-order chi connectivity index (χ0) is 12.5. The van der Waals surface area contributed by atoms with Gasteiger partial charge >= 0.3 is 0 Å². The molecule has 1 aromatic rings. The number of rotatable bonds is 3. The zero-order valence-corrected chi connectivity index (χ0v) is 11.9. The molecule has 0 heterocycles. The van der Waals surface area contributed by atoms with Crippen molar-refractivity contribution in [2.45, 2.75) is 33.3 Å². The number of hydrogen-bond donors (Lipinski definition) is 1. The van der Waals surface area contributed by atoms with Crippen LogP contribution in [-0.4, -0.2) is 5.11 Å². The molecule has 0 fully saturated rings. The van der Waals surface area contributed by atoms with E-state index in [-0.39, 0.29) is 11.0 Å². The van der Waals surface area contributed by atoms with Crippen molar-refractivity contribution in [3.8, 4) is 0 Å². The molecule has 1 nitrogen and oxygen atoms in total. The second-order valence-corrected chi connectivity index (χ2v) is 5.79. The van der Waals surface area contributed by atoms with Gasteiger partial charge in [-0.15, -0.1) is 0 Å². The molecule has 0 aliphatic heterocycles. The van der Waals surface area contributed by atoms with E-state index in [2.05, 4.69) is 15.9 Å². The molecular formula is C12H15BrClFO. The number of halogens is 3. The number of hydrogen-bond acceptors (Lipinski definition) is 1. The fraction of sp³-hybridized carbons (Fsp3) is 0.500. The van der Waals surface area contributed by atoms with Crippen LogP contribution in [0.2, 0.25) is 5.02 Å². The lowest BCUT2D eigenvalue weighted by atomic mass is 9.80. The molecule has 0 radical (unpaired) electrons. The number of benzene rings is 1. The smallest absolute Gasteiger partial charge is 0.130 e. The third kappa shape index (κ3) is 2.76. The van der Waals surface area contributed by atoms with Crippen LogP contribution in [0.3, 0.4) is 0 Å². The molecule has 0 aliphatic carbocycles. The Morgan fingerprint density at radius 3 is 2.56 bits per heavy atom. The highest BCUT2D eigenvalue weighted by molar-refractivity contribution is 9.10. The molecule has 0 amide bonds. The molecule has 4 heteroatoms. The Morgan fingerprint density at radius 2 is 2.06 bits per heavy atom. The average Bonchev–Trinajstić information content (AvgIpc) is 2.22. The van der Waals surface area contributed by atoms with Gasteiger partial charge in [0.25, 0.3) is 0 Å². The van der Waals surface area contributed by atoms with Gasteiger partial charge in [0.05, 0.1) is 11.1 Å². The summed E-state index contributed by atoms with van der Waals surface area (Å²) < 4.78 is 14.2. The van der Waals surface area contributed by atoms with Gasteiger partial charge in [-0.2, -0.15) is 0 Å².